The molecule has 0 fully saturated rings. The van der Waals surface area contributed by atoms with Crippen molar-refractivity contribution in [2.24, 2.45) is 5.92 Å². The van der Waals surface area contributed by atoms with E-state index >= 15 is 0 Å². The molecule has 0 saturated heterocycles. The molecule has 2 aromatic carbocycles. The van der Waals surface area contributed by atoms with E-state index in [1.165, 1.54) is 30.3 Å². The van der Waals surface area contributed by atoms with Crippen LogP contribution in [-0.2, 0) is 14.6 Å². The van der Waals surface area contributed by atoms with Crippen molar-refractivity contribution < 1.29 is 33.7 Å². The van der Waals surface area contributed by atoms with Gasteiger partial charge in [-0.25, -0.2) is 19.4 Å². The van der Waals surface area contributed by atoms with Crippen LogP contribution >= 0.6 is 0 Å². The van der Waals surface area contributed by atoms with Gasteiger partial charge in [-0.15, -0.1) is 0 Å². The molecule has 0 amide bonds. The van der Waals surface area contributed by atoms with Crippen LogP contribution in [0.3, 0.4) is 0 Å². The van der Waals surface area contributed by atoms with Gasteiger partial charge in [0.15, 0.2) is 5.78 Å². The highest BCUT2D eigenvalue weighted by Crippen LogP contribution is 2.24. The molecule has 0 bridgehead atoms. The smallest absolute Gasteiger partial charge is 0.390 e. The van der Waals surface area contributed by atoms with Crippen LogP contribution in [0.15, 0.2) is 48.5 Å². The third kappa shape index (κ3) is 8.81. The summed E-state index contributed by atoms with van der Waals surface area (Å²) in [5.41, 5.74) is 0.321. The van der Waals surface area contributed by atoms with Crippen molar-refractivity contribution in [2.45, 2.75) is 65.7 Å². The Balaban J connectivity index is 2.15. The minimum atomic E-state index is -1.05. The Labute approximate surface area is 200 Å². The Morgan fingerprint density at radius 3 is 2.15 bits per heavy atom. The summed E-state index contributed by atoms with van der Waals surface area (Å²) in [6, 6.07) is 12.2. The molecule has 0 unspecified atom stereocenters. The monoisotopic (exact) mass is 468 g/mol. The molecular formula is C27H32O7. The predicted octanol–water partition coefficient (Wildman–Crippen LogP) is 6.11. The van der Waals surface area contributed by atoms with E-state index < -0.39 is 17.9 Å². The lowest BCUT2D eigenvalue weighted by atomic mass is 10.0. The molecule has 0 aliphatic heterocycles. The van der Waals surface area contributed by atoms with Crippen LogP contribution < -0.4 is 4.74 Å². The first-order valence-electron chi connectivity index (χ1n) is 11.7. The van der Waals surface area contributed by atoms with Gasteiger partial charge in [0.2, 0.25) is 0 Å². The van der Waals surface area contributed by atoms with E-state index in [2.05, 4.69) is 11.8 Å². The van der Waals surface area contributed by atoms with E-state index in [0.717, 1.165) is 32.1 Å². The summed E-state index contributed by atoms with van der Waals surface area (Å²) in [6.07, 6.45) is 5.50. The summed E-state index contributed by atoms with van der Waals surface area (Å²) in [7, 11) is 0. The molecule has 7 nitrogen and oxygen atoms in total. The van der Waals surface area contributed by atoms with Gasteiger partial charge in [0.1, 0.15) is 11.3 Å². The van der Waals surface area contributed by atoms with Crippen LogP contribution in [0.5, 0.6) is 5.75 Å². The summed E-state index contributed by atoms with van der Waals surface area (Å²) >= 11 is 0. The second kappa shape index (κ2) is 13.9. The van der Waals surface area contributed by atoms with Gasteiger partial charge < -0.3 is 4.74 Å². The molecule has 0 aromatic heterocycles. The first kappa shape index (κ1) is 26.8. The maximum atomic E-state index is 12.7. The number of hydrogen-bond acceptors (Lipinski definition) is 7. The molecule has 7 heteroatoms. The third-order valence-electron chi connectivity index (χ3n) is 5.03. The van der Waals surface area contributed by atoms with Gasteiger partial charge in [-0.2, -0.15) is 0 Å². The number of carbonyl (C=O) groups excluding carboxylic acids is 4. The van der Waals surface area contributed by atoms with E-state index in [9.17, 15) is 19.2 Å². The van der Waals surface area contributed by atoms with Gasteiger partial charge in [0.05, 0.1) is 5.56 Å². The van der Waals surface area contributed by atoms with Crippen LogP contribution in [0.25, 0.3) is 0 Å². The standard InChI is InChI=1S/C27H32O7/c1-4-5-6-7-11-14-23(28)21-15-16-24(32-25(29)17-19(2)3)22(18-21)27(31)34-33-26(30)20-12-9-8-10-13-20/h8-10,12-13,15-16,18-19H,4-7,11,14,17H2,1-3H3. The molecule has 34 heavy (non-hydrogen) atoms. The van der Waals surface area contributed by atoms with Gasteiger partial charge in [0.25, 0.3) is 0 Å². The lowest BCUT2D eigenvalue weighted by Gasteiger charge is -2.12. The van der Waals surface area contributed by atoms with Crippen molar-refractivity contribution in [2.75, 3.05) is 0 Å². The highest BCUT2D eigenvalue weighted by Gasteiger charge is 2.22. The third-order valence-corrected chi connectivity index (χ3v) is 5.03. The number of ether oxygens (including phenoxy) is 1. The van der Waals surface area contributed by atoms with Crippen molar-refractivity contribution in [3.63, 3.8) is 0 Å². The molecule has 0 atom stereocenters. The maximum absolute atomic E-state index is 12.7. The van der Waals surface area contributed by atoms with Crippen molar-refractivity contribution in [1.29, 1.82) is 0 Å². The van der Waals surface area contributed by atoms with Crippen LogP contribution in [0.2, 0.25) is 0 Å². The van der Waals surface area contributed by atoms with Gasteiger partial charge >= 0.3 is 17.9 Å². The SMILES string of the molecule is CCCCCCCC(=O)c1ccc(OC(=O)CC(C)C)c(C(=O)OOC(=O)c2ccccc2)c1. The van der Waals surface area contributed by atoms with Gasteiger partial charge in [-0.05, 0) is 42.7 Å². The summed E-state index contributed by atoms with van der Waals surface area (Å²) in [5.74, 6) is -2.57. The number of benzene rings is 2. The average Bonchev–Trinajstić information content (AvgIpc) is 2.82. The summed E-state index contributed by atoms with van der Waals surface area (Å²) in [5, 5.41) is 0. The number of hydrogen-bond donors (Lipinski definition) is 0. The molecule has 0 radical (unpaired) electrons. The van der Waals surface area contributed by atoms with Gasteiger partial charge in [0, 0.05) is 18.4 Å². The molecule has 0 heterocycles. The number of esters is 1. The van der Waals surface area contributed by atoms with Gasteiger partial charge in [-0.1, -0.05) is 64.7 Å². The Morgan fingerprint density at radius 2 is 1.47 bits per heavy atom. The molecule has 0 aliphatic carbocycles. The number of rotatable bonds is 12. The summed E-state index contributed by atoms with van der Waals surface area (Å²) in [4.78, 5) is 59.0. The lowest BCUT2D eigenvalue weighted by molar-refractivity contribution is -0.187. The Hall–Kier alpha value is -3.48. The van der Waals surface area contributed by atoms with E-state index in [1.807, 2.05) is 13.8 Å². The Kier molecular flexibility index (Phi) is 11.0. The Bertz CT molecular complexity index is 980. The second-order valence-electron chi connectivity index (χ2n) is 8.48. The van der Waals surface area contributed by atoms with Crippen molar-refractivity contribution >= 4 is 23.7 Å². The molecule has 0 saturated carbocycles. The fourth-order valence-electron chi connectivity index (χ4n) is 3.23. The second-order valence-corrected chi connectivity index (χ2v) is 8.48. The van der Waals surface area contributed by atoms with E-state index in [0.29, 0.717) is 12.0 Å². The zero-order valence-electron chi connectivity index (χ0n) is 20.0. The van der Waals surface area contributed by atoms with Crippen LogP contribution in [-0.4, -0.2) is 23.7 Å². The summed E-state index contributed by atoms with van der Waals surface area (Å²) in [6.45, 7) is 5.85. The Morgan fingerprint density at radius 1 is 0.794 bits per heavy atom. The minimum absolute atomic E-state index is 0.0586. The van der Waals surface area contributed by atoms with Crippen LogP contribution in [0.1, 0.15) is 96.8 Å². The highest BCUT2D eigenvalue weighted by atomic mass is 17.2. The van der Waals surface area contributed by atoms with Crippen molar-refractivity contribution in [3.8, 4) is 5.75 Å². The minimum Gasteiger partial charge on any atom is -0.426 e. The fraction of sp³-hybridized carbons (Fsp3) is 0.407. The number of carbonyl (C=O) groups is 4. The zero-order chi connectivity index (χ0) is 24.9. The number of unbranched alkanes of at least 4 members (excludes halogenated alkanes) is 4. The number of Topliss-reactive ketones (excluding diaryl/α,β-unsaturated/α-hetero) is 1. The molecule has 0 spiro atoms. The van der Waals surface area contributed by atoms with Crippen LogP contribution in [0.4, 0.5) is 0 Å². The average molecular weight is 469 g/mol. The normalized spacial score (nSPS) is 10.6. The van der Waals surface area contributed by atoms with E-state index in [4.69, 9.17) is 9.62 Å². The molecule has 182 valence electrons. The topological polar surface area (TPSA) is 96.0 Å². The van der Waals surface area contributed by atoms with Crippen molar-refractivity contribution in [1.82, 2.24) is 0 Å². The molecule has 2 rings (SSSR count). The lowest BCUT2D eigenvalue weighted by Crippen LogP contribution is -2.16. The zero-order valence-corrected chi connectivity index (χ0v) is 20.0. The van der Waals surface area contributed by atoms with Crippen LogP contribution in [0, 0.1) is 5.92 Å². The molecular weight excluding hydrogens is 436 g/mol. The molecule has 0 aliphatic rings. The fourth-order valence-corrected chi connectivity index (χ4v) is 3.23. The predicted molar refractivity (Wildman–Crippen MR) is 127 cm³/mol. The highest BCUT2D eigenvalue weighted by molar-refractivity contribution is 6.01. The van der Waals surface area contributed by atoms with E-state index in [1.54, 1.807) is 18.2 Å². The molecule has 2 aromatic rings. The summed E-state index contributed by atoms with van der Waals surface area (Å²) < 4.78 is 5.34. The largest absolute Gasteiger partial charge is 0.426 e. The molecule has 0 N–H and O–H groups in total. The van der Waals surface area contributed by atoms with Crippen molar-refractivity contribution in [3.05, 3.63) is 65.2 Å². The van der Waals surface area contributed by atoms with E-state index in [-0.39, 0.29) is 35.0 Å². The first-order valence-corrected chi connectivity index (χ1v) is 11.7. The first-order chi connectivity index (χ1) is 16.3. The quantitative estimate of drug-likeness (QED) is 0.0926. The maximum Gasteiger partial charge on any atom is 0.390 e. The van der Waals surface area contributed by atoms with Gasteiger partial charge in [-0.3, -0.25) is 9.59 Å². The number of ketones is 1.